The Bertz CT molecular complexity index is 312. The number of rotatable bonds is 6. The van der Waals surface area contributed by atoms with E-state index in [0.29, 0.717) is 11.5 Å². The number of hydrogen-bond acceptors (Lipinski definition) is 3. The first-order chi connectivity index (χ1) is 9.67. The molecule has 3 heteroatoms. The molecule has 0 aromatic carbocycles. The van der Waals surface area contributed by atoms with E-state index in [0.717, 1.165) is 25.2 Å². The number of likely N-dealkylation sites (N-methyl/N-ethyl adjacent to an activating group) is 1. The van der Waals surface area contributed by atoms with Crippen LogP contribution in [0.15, 0.2) is 0 Å². The second kappa shape index (κ2) is 6.33. The maximum Gasteiger partial charge on any atom is 0.0622 e. The van der Waals surface area contributed by atoms with Crippen molar-refractivity contribution in [2.75, 3.05) is 33.4 Å². The van der Waals surface area contributed by atoms with Crippen molar-refractivity contribution in [1.29, 1.82) is 0 Å². The molecule has 1 aliphatic heterocycles. The summed E-state index contributed by atoms with van der Waals surface area (Å²) in [6, 6.07) is 1.49. The van der Waals surface area contributed by atoms with Crippen molar-refractivity contribution in [2.24, 2.45) is 11.3 Å². The number of hydrogen-bond donors (Lipinski definition) is 1. The topological polar surface area (TPSA) is 24.5 Å². The number of ether oxygens (including phenoxy) is 1. The molecule has 1 N–H and O–H groups in total. The van der Waals surface area contributed by atoms with Crippen molar-refractivity contribution in [1.82, 2.24) is 10.2 Å². The van der Waals surface area contributed by atoms with E-state index in [9.17, 15) is 0 Å². The maximum atomic E-state index is 5.57. The van der Waals surface area contributed by atoms with Crippen molar-refractivity contribution in [2.45, 2.75) is 64.0 Å². The van der Waals surface area contributed by atoms with Crippen LogP contribution in [0.25, 0.3) is 0 Å². The van der Waals surface area contributed by atoms with Crippen LogP contribution in [0.1, 0.15) is 51.9 Å². The van der Waals surface area contributed by atoms with Crippen LogP contribution in [0, 0.1) is 11.3 Å². The summed E-state index contributed by atoms with van der Waals surface area (Å²) in [4.78, 5) is 2.60. The van der Waals surface area contributed by atoms with Gasteiger partial charge in [0.05, 0.1) is 6.61 Å². The van der Waals surface area contributed by atoms with Crippen LogP contribution < -0.4 is 5.32 Å². The van der Waals surface area contributed by atoms with Crippen molar-refractivity contribution in [3.8, 4) is 0 Å². The van der Waals surface area contributed by atoms with Crippen LogP contribution in [-0.2, 0) is 4.74 Å². The van der Waals surface area contributed by atoms with E-state index in [2.05, 4.69) is 24.2 Å². The van der Waals surface area contributed by atoms with E-state index in [-0.39, 0.29) is 0 Å². The molecule has 3 aliphatic rings. The molecule has 20 heavy (non-hydrogen) atoms. The second-order valence-electron chi connectivity index (χ2n) is 7.79. The lowest BCUT2D eigenvalue weighted by atomic mass is 9.69. The molecule has 0 spiro atoms. The Balaban J connectivity index is 1.60. The molecular weight excluding hydrogens is 248 g/mol. The summed E-state index contributed by atoms with van der Waals surface area (Å²) in [5, 5.41) is 3.83. The van der Waals surface area contributed by atoms with Crippen LogP contribution in [0.5, 0.6) is 0 Å². The Morgan fingerprint density at radius 1 is 1.25 bits per heavy atom. The van der Waals surface area contributed by atoms with Gasteiger partial charge in [-0.2, -0.15) is 0 Å². The molecule has 1 heterocycles. The molecule has 0 aromatic rings. The van der Waals surface area contributed by atoms with E-state index < -0.39 is 0 Å². The lowest BCUT2D eigenvalue weighted by Gasteiger charge is -2.44. The van der Waals surface area contributed by atoms with E-state index in [4.69, 9.17) is 4.74 Å². The van der Waals surface area contributed by atoms with Gasteiger partial charge in [0.2, 0.25) is 0 Å². The van der Waals surface area contributed by atoms with Crippen LogP contribution in [0.4, 0.5) is 0 Å². The lowest BCUT2D eigenvalue weighted by Crippen LogP contribution is -2.48. The van der Waals surface area contributed by atoms with E-state index in [1.807, 2.05) is 0 Å². The molecular formula is C17H32N2O. The Hall–Kier alpha value is -0.120. The normalized spacial score (nSPS) is 38.5. The van der Waals surface area contributed by atoms with Crippen LogP contribution in [0.2, 0.25) is 0 Å². The molecule has 1 saturated heterocycles. The summed E-state index contributed by atoms with van der Waals surface area (Å²) in [5.41, 5.74) is 0.512. The van der Waals surface area contributed by atoms with Crippen LogP contribution in [0.3, 0.4) is 0 Å². The molecule has 2 aliphatic carbocycles. The zero-order valence-corrected chi connectivity index (χ0v) is 13.4. The SMILES string of the molecule is CC1CCCC(CNC2CC2)(CN(C)C2CCOC2)C1. The summed E-state index contributed by atoms with van der Waals surface area (Å²) < 4.78 is 5.57. The van der Waals surface area contributed by atoms with Gasteiger partial charge >= 0.3 is 0 Å². The van der Waals surface area contributed by atoms with Gasteiger partial charge in [0, 0.05) is 31.8 Å². The van der Waals surface area contributed by atoms with Crippen molar-refractivity contribution in [3.05, 3.63) is 0 Å². The third-order valence-corrected chi connectivity index (χ3v) is 5.64. The molecule has 0 amide bonds. The quantitative estimate of drug-likeness (QED) is 0.809. The van der Waals surface area contributed by atoms with E-state index in [1.54, 1.807) is 0 Å². The minimum Gasteiger partial charge on any atom is -0.380 e. The zero-order chi connectivity index (χ0) is 14.0. The predicted molar refractivity (Wildman–Crippen MR) is 82.9 cm³/mol. The highest BCUT2D eigenvalue weighted by Gasteiger charge is 2.38. The fourth-order valence-electron chi connectivity index (χ4n) is 4.31. The third-order valence-electron chi connectivity index (χ3n) is 5.64. The molecule has 116 valence electrons. The van der Waals surface area contributed by atoms with Gasteiger partial charge < -0.3 is 15.0 Å². The summed E-state index contributed by atoms with van der Waals surface area (Å²) in [7, 11) is 2.32. The van der Waals surface area contributed by atoms with Gasteiger partial charge in [-0.05, 0) is 50.5 Å². The standard InChI is InChI=1S/C17H32N2O/c1-14-4-3-8-17(10-14,12-18-15-5-6-15)13-19(2)16-7-9-20-11-16/h14-16,18H,3-13H2,1-2H3. The molecule has 2 saturated carbocycles. The molecule has 3 atom stereocenters. The number of nitrogens with zero attached hydrogens (tertiary/aromatic N) is 1. The Morgan fingerprint density at radius 2 is 2.10 bits per heavy atom. The van der Waals surface area contributed by atoms with Gasteiger partial charge in [0.15, 0.2) is 0 Å². The maximum absolute atomic E-state index is 5.57. The van der Waals surface area contributed by atoms with E-state index >= 15 is 0 Å². The molecule has 0 bridgehead atoms. The minimum atomic E-state index is 0.512. The molecule has 3 unspecified atom stereocenters. The second-order valence-corrected chi connectivity index (χ2v) is 7.79. The Kier molecular flexibility index (Phi) is 4.68. The average Bonchev–Trinajstić information content (AvgIpc) is 3.08. The van der Waals surface area contributed by atoms with Gasteiger partial charge in [-0.15, -0.1) is 0 Å². The largest absolute Gasteiger partial charge is 0.380 e. The molecule has 3 nitrogen and oxygen atoms in total. The third kappa shape index (κ3) is 3.75. The van der Waals surface area contributed by atoms with Gasteiger partial charge in [0.1, 0.15) is 0 Å². The highest BCUT2D eigenvalue weighted by atomic mass is 16.5. The summed E-state index contributed by atoms with van der Waals surface area (Å²) in [6.07, 6.45) is 9.69. The molecule has 0 aromatic heterocycles. The predicted octanol–water partition coefficient (Wildman–Crippen LogP) is 2.66. The van der Waals surface area contributed by atoms with Crippen molar-refractivity contribution < 1.29 is 4.74 Å². The lowest BCUT2D eigenvalue weighted by molar-refractivity contribution is 0.0669. The molecule has 3 rings (SSSR count). The zero-order valence-electron chi connectivity index (χ0n) is 13.4. The monoisotopic (exact) mass is 280 g/mol. The van der Waals surface area contributed by atoms with Crippen LogP contribution >= 0.6 is 0 Å². The smallest absolute Gasteiger partial charge is 0.0622 e. The highest BCUT2D eigenvalue weighted by molar-refractivity contribution is 4.93. The Morgan fingerprint density at radius 3 is 2.75 bits per heavy atom. The van der Waals surface area contributed by atoms with Crippen molar-refractivity contribution >= 4 is 0 Å². The summed E-state index contributed by atoms with van der Waals surface area (Å²) in [6.45, 7) is 6.84. The van der Waals surface area contributed by atoms with Gasteiger partial charge in [-0.1, -0.05) is 19.8 Å². The highest BCUT2D eigenvalue weighted by Crippen LogP contribution is 2.40. The van der Waals surface area contributed by atoms with Crippen LogP contribution in [-0.4, -0.2) is 50.3 Å². The molecule has 3 fully saturated rings. The summed E-state index contributed by atoms with van der Waals surface area (Å²) in [5.74, 6) is 0.901. The fourth-order valence-corrected chi connectivity index (χ4v) is 4.31. The van der Waals surface area contributed by atoms with Gasteiger partial charge in [-0.25, -0.2) is 0 Å². The Labute approximate surface area is 124 Å². The van der Waals surface area contributed by atoms with Gasteiger partial charge in [-0.3, -0.25) is 0 Å². The minimum absolute atomic E-state index is 0.512. The average molecular weight is 280 g/mol. The molecule has 0 radical (unpaired) electrons. The first kappa shape index (κ1) is 14.8. The first-order valence-corrected chi connectivity index (χ1v) is 8.68. The van der Waals surface area contributed by atoms with Crippen molar-refractivity contribution in [3.63, 3.8) is 0 Å². The number of nitrogens with one attached hydrogen (secondary N) is 1. The van der Waals surface area contributed by atoms with E-state index in [1.165, 1.54) is 58.0 Å². The first-order valence-electron chi connectivity index (χ1n) is 8.68. The fraction of sp³-hybridized carbons (Fsp3) is 1.00. The summed E-state index contributed by atoms with van der Waals surface area (Å²) >= 11 is 0. The van der Waals surface area contributed by atoms with Gasteiger partial charge in [0.25, 0.3) is 0 Å².